The number of hydrogen-bond donors (Lipinski definition) is 1. The van der Waals surface area contributed by atoms with Crippen molar-refractivity contribution in [3.63, 3.8) is 0 Å². The first-order valence-corrected chi connectivity index (χ1v) is 4.81. The molecule has 0 fully saturated rings. The summed E-state index contributed by atoms with van der Waals surface area (Å²) in [6.07, 6.45) is 3.65. The molecule has 1 aromatic rings. The van der Waals surface area contributed by atoms with Gasteiger partial charge in [0.2, 0.25) is 5.91 Å². The lowest BCUT2D eigenvalue weighted by Crippen LogP contribution is -2.10. The molecule has 0 saturated heterocycles. The van der Waals surface area contributed by atoms with E-state index in [-0.39, 0.29) is 0 Å². The number of primary amides is 1. The summed E-state index contributed by atoms with van der Waals surface area (Å²) in [5.74, 6) is -0.435. The lowest BCUT2D eigenvalue weighted by Gasteiger charge is -1.92. The molecule has 0 aliphatic carbocycles. The van der Waals surface area contributed by atoms with Gasteiger partial charge in [0.25, 0.3) is 0 Å². The van der Waals surface area contributed by atoms with Crippen LogP contribution in [0.4, 0.5) is 0 Å². The minimum atomic E-state index is -0.435. The number of amides is 1. The van der Waals surface area contributed by atoms with Gasteiger partial charge in [-0.1, -0.05) is 56.2 Å². The van der Waals surface area contributed by atoms with Crippen LogP contribution in [0.3, 0.4) is 0 Å². The van der Waals surface area contributed by atoms with Crippen molar-refractivity contribution in [3.05, 3.63) is 60.7 Å². The Bertz CT molecular complexity index is 349. The van der Waals surface area contributed by atoms with Crippen LogP contribution in [0.5, 0.6) is 0 Å². The summed E-state index contributed by atoms with van der Waals surface area (Å²) in [5, 5.41) is 0. The van der Waals surface area contributed by atoms with E-state index in [9.17, 15) is 4.79 Å². The summed E-state index contributed by atoms with van der Waals surface area (Å²) in [7, 11) is 0. The molecule has 0 aromatic heterocycles. The summed E-state index contributed by atoms with van der Waals surface area (Å²) in [4.78, 5) is 9.82. The molecule has 1 rings (SSSR count). The molecule has 0 saturated carbocycles. The number of nitrogens with two attached hydrogens (primary N) is 1. The predicted octanol–water partition coefficient (Wildman–Crippen LogP) is 3.02. The molecule has 16 heavy (non-hydrogen) atoms. The molecular formula is C14H17NO. The quantitative estimate of drug-likeness (QED) is 0.774. The van der Waals surface area contributed by atoms with Gasteiger partial charge >= 0.3 is 0 Å². The topological polar surface area (TPSA) is 43.1 Å². The Morgan fingerprint density at radius 1 is 1.12 bits per heavy atom. The maximum Gasteiger partial charge on any atom is 0.243 e. The molecule has 2 nitrogen and oxygen atoms in total. The highest BCUT2D eigenvalue weighted by atomic mass is 16.1. The molecule has 1 amide bonds. The van der Waals surface area contributed by atoms with Crippen molar-refractivity contribution in [2.45, 2.75) is 6.92 Å². The van der Waals surface area contributed by atoms with E-state index in [2.05, 4.69) is 19.7 Å². The SMILES string of the molecule is C=C(C)C(N)=O.C=Cc1ccc(C=C)cc1. The van der Waals surface area contributed by atoms with Crippen LogP contribution < -0.4 is 5.73 Å². The van der Waals surface area contributed by atoms with Crippen LogP contribution in [0, 0.1) is 0 Å². The molecule has 2 heteroatoms. The molecule has 0 spiro atoms. The minimum Gasteiger partial charge on any atom is -0.366 e. The fraction of sp³-hybridized carbons (Fsp3) is 0.0714. The molecule has 0 aliphatic rings. The van der Waals surface area contributed by atoms with E-state index in [1.54, 1.807) is 6.92 Å². The van der Waals surface area contributed by atoms with E-state index in [1.165, 1.54) is 0 Å². The first-order chi connectivity index (χ1) is 7.51. The fourth-order valence-electron chi connectivity index (χ4n) is 0.768. The number of carbonyl (C=O) groups excluding carboxylic acids is 1. The molecule has 1 aromatic carbocycles. The molecule has 0 radical (unpaired) electrons. The van der Waals surface area contributed by atoms with E-state index in [0.717, 1.165) is 11.1 Å². The molecule has 0 bridgehead atoms. The zero-order valence-corrected chi connectivity index (χ0v) is 9.57. The van der Waals surface area contributed by atoms with Crippen LogP contribution in [0.2, 0.25) is 0 Å². The summed E-state index contributed by atoms with van der Waals surface area (Å²) in [5.41, 5.74) is 7.38. The Morgan fingerprint density at radius 2 is 1.38 bits per heavy atom. The van der Waals surface area contributed by atoms with Gasteiger partial charge in [0.15, 0.2) is 0 Å². The number of carbonyl (C=O) groups is 1. The van der Waals surface area contributed by atoms with Gasteiger partial charge in [0.05, 0.1) is 0 Å². The van der Waals surface area contributed by atoms with Crippen molar-refractivity contribution < 1.29 is 4.79 Å². The Kier molecular flexibility index (Phi) is 6.29. The van der Waals surface area contributed by atoms with Crippen LogP contribution >= 0.6 is 0 Å². The van der Waals surface area contributed by atoms with E-state index in [1.807, 2.05) is 36.4 Å². The molecule has 0 aliphatic heterocycles. The van der Waals surface area contributed by atoms with Gasteiger partial charge in [-0.3, -0.25) is 4.79 Å². The van der Waals surface area contributed by atoms with Gasteiger partial charge in [-0.05, 0) is 18.1 Å². The van der Waals surface area contributed by atoms with Gasteiger partial charge in [-0.25, -0.2) is 0 Å². The van der Waals surface area contributed by atoms with E-state index < -0.39 is 5.91 Å². The normalized spacial score (nSPS) is 8.31. The summed E-state index contributed by atoms with van der Waals surface area (Å²) in [6, 6.07) is 8.07. The lowest BCUT2D eigenvalue weighted by atomic mass is 10.1. The molecule has 2 N–H and O–H groups in total. The van der Waals surface area contributed by atoms with Gasteiger partial charge in [0.1, 0.15) is 0 Å². The minimum absolute atomic E-state index is 0.398. The Labute approximate surface area is 96.8 Å². The first-order valence-electron chi connectivity index (χ1n) is 4.81. The second-order valence-corrected chi connectivity index (χ2v) is 3.22. The average Bonchev–Trinajstić information content (AvgIpc) is 2.30. The van der Waals surface area contributed by atoms with Gasteiger partial charge < -0.3 is 5.73 Å². The molecular weight excluding hydrogens is 198 g/mol. The van der Waals surface area contributed by atoms with Crippen LogP contribution in [0.15, 0.2) is 49.6 Å². The average molecular weight is 215 g/mol. The number of hydrogen-bond acceptors (Lipinski definition) is 1. The third-order valence-electron chi connectivity index (χ3n) is 1.83. The van der Waals surface area contributed by atoms with Crippen molar-refractivity contribution in [1.82, 2.24) is 0 Å². The third-order valence-corrected chi connectivity index (χ3v) is 1.83. The third kappa shape index (κ3) is 5.60. The highest BCUT2D eigenvalue weighted by molar-refractivity contribution is 5.90. The Hall–Kier alpha value is -2.09. The van der Waals surface area contributed by atoms with Gasteiger partial charge in [0, 0.05) is 5.57 Å². The molecule has 0 atom stereocenters. The Balaban J connectivity index is 0.000000325. The molecule has 84 valence electrons. The summed E-state index contributed by atoms with van der Waals surface area (Å²) in [6.45, 7) is 12.2. The van der Waals surface area contributed by atoms with E-state index in [0.29, 0.717) is 5.57 Å². The maximum absolute atomic E-state index is 9.82. The zero-order valence-electron chi connectivity index (χ0n) is 9.57. The van der Waals surface area contributed by atoms with Gasteiger partial charge in [-0.2, -0.15) is 0 Å². The van der Waals surface area contributed by atoms with E-state index >= 15 is 0 Å². The van der Waals surface area contributed by atoms with Crippen LogP contribution in [0.25, 0.3) is 12.2 Å². The second-order valence-electron chi connectivity index (χ2n) is 3.22. The fourth-order valence-corrected chi connectivity index (χ4v) is 0.768. The van der Waals surface area contributed by atoms with Crippen molar-refractivity contribution >= 4 is 18.1 Å². The van der Waals surface area contributed by atoms with Crippen molar-refractivity contribution in [3.8, 4) is 0 Å². The lowest BCUT2D eigenvalue weighted by molar-refractivity contribution is -0.114. The van der Waals surface area contributed by atoms with Crippen molar-refractivity contribution in [1.29, 1.82) is 0 Å². The summed E-state index contributed by atoms with van der Waals surface area (Å²) < 4.78 is 0. The second kappa shape index (κ2) is 7.23. The van der Waals surface area contributed by atoms with Crippen LogP contribution in [-0.2, 0) is 4.79 Å². The molecule has 0 unspecified atom stereocenters. The zero-order chi connectivity index (χ0) is 12.6. The maximum atomic E-state index is 9.82. The van der Waals surface area contributed by atoms with Gasteiger partial charge in [-0.15, -0.1) is 0 Å². The van der Waals surface area contributed by atoms with Crippen molar-refractivity contribution in [2.24, 2.45) is 5.73 Å². The number of benzene rings is 1. The highest BCUT2D eigenvalue weighted by Gasteiger charge is 1.86. The van der Waals surface area contributed by atoms with Crippen LogP contribution in [0.1, 0.15) is 18.1 Å². The standard InChI is InChI=1S/C10H10.C4H7NO/c1-3-9-5-7-10(4-2)8-6-9;1-3(2)4(5)6/h3-8H,1-2H2;1H2,2H3,(H2,5,6). The first kappa shape index (κ1) is 13.9. The van der Waals surface area contributed by atoms with Crippen LogP contribution in [-0.4, -0.2) is 5.91 Å². The number of rotatable bonds is 3. The molecule has 0 heterocycles. The summed E-state index contributed by atoms with van der Waals surface area (Å²) >= 11 is 0. The van der Waals surface area contributed by atoms with Crippen molar-refractivity contribution in [2.75, 3.05) is 0 Å². The Morgan fingerprint density at radius 3 is 1.50 bits per heavy atom. The van der Waals surface area contributed by atoms with E-state index in [4.69, 9.17) is 5.73 Å². The predicted molar refractivity (Wildman–Crippen MR) is 70.6 cm³/mol. The largest absolute Gasteiger partial charge is 0.366 e. The monoisotopic (exact) mass is 215 g/mol. The smallest absolute Gasteiger partial charge is 0.243 e. The highest BCUT2D eigenvalue weighted by Crippen LogP contribution is 2.05.